The molecule has 8 atom stereocenters. The van der Waals surface area contributed by atoms with Crippen molar-refractivity contribution in [2.45, 2.75) is 123 Å². The number of hydroxylamine groups is 4. The summed E-state index contributed by atoms with van der Waals surface area (Å²) < 4.78 is 0. The smallest absolute Gasteiger partial charge is 0.255 e. The number of quaternary nitrogens is 2. The van der Waals surface area contributed by atoms with Crippen LogP contribution in [0.1, 0.15) is 98.8 Å². The lowest BCUT2D eigenvalue weighted by atomic mass is 9.86. The fraction of sp³-hybridized carbons (Fsp3) is 0.857. The Labute approximate surface area is 301 Å². The highest BCUT2D eigenvalue weighted by molar-refractivity contribution is 5.81. The summed E-state index contributed by atoms with van der Waals surface area (Å²) in [4.78, 5) is 88.4. The number of rotatable bonds is 14. The van der Waals surface area contributed by atoms with Crippen LogP contribution in [-0.2, 0) is 43.3 Å². The molecule has 16 nitrogen and oxygen atoms in total. The maximum Gasteiger partial charge on any atom is 0.255 e. The van der Waals surface area contributed by atoms with Crippen molar-refractivity contribution in [2.24, 2.45) is 35.0 Å². The van der Waals surface area contributed by atoms with Crippen LogP contribution in [0.3, 0.4) is 0 Å². The van der Waals surface area contributed by atoms with E-state index in [9.17, 15) is 24.0 Å². The van der Waals surface area contributed by atoms with Crippen LogP contribution >= 0.6 is 0 Å². The molecule has 290 valence electrons. The Morgan fingerprint density at radius 3 is 1.41 bits per heavy atom. The molecule has 4 aliphatic rings. The van der Waals surface area contributed by atoms with Crippen molar-refractivity contribution in [2.75, 3.05) is 32.7 Å². The van der Waals surface area contributed by atoms with Gasteiger partial charge in [-0.2, -0.15) is 0 Å². The molecular weight excluding hydrogens is 662 g/mol. The highest BCUT2D eigenvalue weighted by Gasteiger charge is 2.40. The van der Waals surface area contributed by atoms with Crippen LogP contribution in [-0.4, -0.2) is 86.7 Å². The summed E-state index contributed by atoms with van der Waals surface area (Å²) in [6.45, 7) is 12.6. The van der Waals surface area contributed by atoms with Gasteiger partial charge in [-0.15, -0.1) is 0 Å². The average molecular weight is 726 g/mol. The number of carbonyl (C=O) groups excluding carboxylic acids is 5. The molecule has 2 saturated carbocycles. The molecule has 9 N–H and O–H groups in total. The molecule has 4 fully saturated rings. The van der Waals surface area contributed by atoms with Gasteiger partial charge in [-0.25, -0.2) is 21.9 Å². The minimum Gasteiger partial charge on any atom is -0.355 e. The predicted octanol–water partition coefficient (Wildman–Crippen LogP) is -0.983. The van der Waals surface area contributed by atoms with Crippen molar-refractivity contribution >= 4 is 29.5 Å². The summed E-state index contributed by atoms with van der Waals surface area (Å²) in [6, 6.07) is 0. The molecule has 4 rings (SSSR count). The lowest BCUT2D eigenvalue weighted by molar-refractivity contribution is -0.670. The van der Waals surface area contributed by atoms with Crippen molar-refractivity contribution in [3.8, 4) is 0 Å². The van der Waals surface area contributed by atoms with E-state index in [2.05, 4.69) is 32.6 Å². The van der Waals surface area contributed by atoms with Gasteiger partial charge < -0.3 is 16.0 Å². The molecule has 0 spiro atoms. The monoisotopic (exact) mass is 725 g/mol. The van der Waals surface area contributed by atoms with E-state index < -0.39 is 47.6 Å². The van der Waals surface area contributed by atoms with Crippen LogP contribution in [0, 0.1) is 35.0 Å². The van der Waals surface area contributed by atoms with Gasteiger partial charge in [0, 0.05) is 24.8 Å². The highest BCUT2D eigenvalue weighted by Crippen LogP contribution is 2.29. The van der Waals surface area contributed by atoms with Gasteiger partial charge in [0.25, 0.3) is 5.91 Å². The van der Waals surface area contributed by atoms with Gasteiger partial charge in [0.1, 0.15) is 24.0 Å². The van der Waals surface area contributed by atoms with E-state index in [0.717, 1.165) is 38.8 Å². The van der Waals surface area contributed by atoms with Crippen molar-refractivity contribution in [1.29, 1.82) is 0 Å². The molecule has 0 unspecified atom stereocenters. The van der Waals surface area contributed by atoms with E-state index in [1.165, 1.54) is 0 Å². The van der Waals surface area contributed by atoms with Crippen LogP contribution < -0.4 is 37.9 Å². The molecule has 2 saturated heterocycles. The van der Waals surface area contributed by atoms with Crippen molar-refractivity contribution in [3.05, 3.63) is 0 Å². The molecule has 0 aromatic carbocycles. The number of hydrogen-bond donors (Lipinski definition) is 7. The SMILES string of the molecule is CC(C)CNC(=O)[C@@H]1C[NH2+]CC[C@H]1ONC(=O)[C@@H]1CCCC[C@H]1ONC(=O)[C@@H]1C[NH2+]CC[C@H]1ONC(=O)[C@@H]1CCCC[C@H]1ONC(=O)C(C)(C)C. The van der Waals surface area contributed by atoms with Gasteiger partial charge >= 0.3 is 0 Å². The summed E-state index contributed by atoms with van der Waals surface area (Å²) >= 11 is 0. The molecule has 2 aliphatic carbocycles. The van der Waals surface area contributed by atoms with E-state index in [4.69, 9.17) is 19.4 Å². The Kier molecular flexibility index (Phi) is 15.9. The van der Waals surface area contributed by atoms with E-state index >= 15 is 0 Å². The standard InChI is InChI=1S/C35H61N7O9/c1-21(2)18-38-30(43)24-19-36-16-14-28(24)49-39-31(44)22-10-6-8-12-26(22)48-41-33(46)25-20-37-17-15-29(25)50-40-32(45)23-11-7-9-13-27(23)51-42-34(47)35(3,4)5/h21-29,36-37H,6-20H2,1-5H3,(H,38,43)(H,39,44)(H,40,45)(H,41,46)(H,42,47)/p+2/t22-,23-,24-,25-,26-,27-,28-,29-/m1/s1. The summed E-state index contributed by atoms with van der Waals surface area (Å²) in [7, 11) is 0. The summed E-state index contributed by atoms with van der Waals surface area (Å²) in [6.07, 6.45) is 4.94. The third-order valence-electron chi connectivity index (χ3n) is 10.4. The second-order valence-corrected chi connectivity index (χ2v) is 16.0. The third kappa shape index (κ3) is 12.3. The number of amides is 5. The second kappa shape index (κ2) is 19.8. The maximum atomic E-state index is 13.4. The molecule has 0 radical (unpaired) electrons. The van der Waals surface area contributed by atoms with Gasteiger partial charge in [0.15, 0.2) is 0 Å². The minimum absolute atomic E-state index is 0.0731. The Morgan fingerprint density at radius 2 is 0.961 bits per heavy atom. The second-order valence-electron chi connectivity index (χ2n) is 16.0. The largest absolute Gasteiger partial charge is 0.355 e. The van der Waals surface area contributed by atoms with Crippen LogP contribution in [0.15, 0.2) is 0 Å². The molecule has 51 heavy (non-hydrogen) atoms. The van der Waals surface area contributed by atoms with Gasteiger partial charge in [-0.3, -0.25) is 43.3 Å². The maximum absolute atomic E-state index is 13.4. The molecule has 2 heterocycles. The van der Waals surface area contributed by atoms with Crippen molar-refractivity contribution in [1.82, 2.24) is 27.2 Å². The summed E-state index contributed by atoms with van der Waals surface area (Å²) in [5, 5.41) is 7.08. The van der Waals surface area contributed by atoms with Crippen LogP contribution in [0.4, 0.5) is 0 Å². The van der Waals surface area contributed by atoms with Gasteiger partial charge in [-0.05, 0) is 31.6 Å². The van der Waals surface area contributed by atoms with Crippen LogP contribution in [0.2, 0.25) is 0 Å². The zero-order valence-corrected chi connectivity index (χ0v) is 31.1. The normalized spacial score (nSPS) is 30.2. The fourth-order valence-electron chi connectivity index (χ4n) is 7.12. The molecule has 5 amide bonds. The quantitative estimate of drug-likeness (QED) is 0.109. The lowest BCUT2D eigenvalue weighted by Crippen LogP contribution is -2.89. The Morgan fingerprint density at radius 1 is 0.569 bits per heavy atom. The van der Waals surface area contributed by atoms with Crippen LogP contribution in [0.25, 0.3) is 0 Å². The number of nitrogens with one attached hydrogen (secondary N) is 5. The van der Waals surface area contributed by atoms with Crippen molar-refractivity contribution < 1.29 is 54.0 Å². The zero-order valence-electron chi connectivity index (χ0n) is 31.1. The molecule has 0 aromatic rings. The third-order valence-corrected chi connectivity index (χ3v) is 10.4. The van der Waals surface area contributed by atoms with Crippen molar-refractivity contribution in [3.63, 3.8) is 0 Å². The molecule has 2 aliphatic heterocycles. The first-order valence-electron chi connectivity index (χ1n) is 19.1. The first-order chi connectivity index (χ1) is 24.3. The Bertz CT molecular complexity index is 1180. The molecule has 0 bridgehead atoms. The average Bonchev–Trinajstić information content (AvgIpc) is 3.13. The molecule has 16 heteroatoms. The number of hydrogen-bond acceptors (Lipinski definition) is 9. The molecular formula is C35H63N7O9+2. The van der Waals surface area contributed by atoms with Crippen LogP contribution in [0.5, 0.6) is 0 Å². The fourth-order valence-corrected chi connectivity index (χ4v) is 7.12. The summed E-state index contributed by atoms with van der Waals surface area (Å²) in [5.41, 5.74) is 9.68. The Balaban J connectivity index is 1.26. The van der Waals surface area contributed by atoms with Gasteiger partial charge in [-0.1, -0.05) is 60.3 Å². The topological polar surface area (TPSA) is 216 Å². The number of piperidine rings is 2. The van der Waals surface area contributed by atoms with E-state index in [1.807, 2.05) is 19.2 Å². The lowest BCUT2D eigenvalue weighted by Gasteiger charge is -2.33. The number of nitrogens with two attached hydrogens (primary N) is 2. The Hall–Kier alpha value is -2.89. The van der Waals surface area contributed by atoms with E-state index in [1.54, 1.807) is 20.8 Å². The first kappa shape index (κ1) is 40.9. The summed E-state index contributed by atoms with van der Waals surface area (Å²) in [5.74, 6) is -3.09. The van der Waals surface area contributed by atoms with Gasteiger partial charge in [0.05, 0.1) is 50.2 Å². The highest BCUT2D eigenvalue weighted by atomic mass is 16.7. The zero-order chi connectivity index (χ0) is 37.0. The van der Waals surface area contributed by atoms with Gasteiger partial charge in [0.2, 0.25) is 23.6 Å². The first-order valence-corrected chi connectivity index (χ1v) is 19.1. The van der Waals surface area contributed by atoms with E-state index in [-0.39, 0.29) is 35.5 Å². The molecule has 0 aromatic heterocycles. The van der Waals surface area contributed by atoms with E-state index in [0.29, 0.717) is 64.1 Å². The minimum atomic E-state index is -0.628. The predicted molar refractivity (Wildman–Crippen MR) is 183 cm³/mol. The number of carbonyl (C=O) groups is 5.